The first kappa shape index (κ1) is 18.2. The summed E-state index contributed by atoms with van der Waals surface area (Å²) in [6, 6.07) is 9.69. The number of nitrogens with zero attached hydrogens (tertiary/aromatic N) is 2. The maximum Gasteiger partial charge on any atom is 0.410 e. The fourth-order valence-electron chi connectivity index (χ4n) is 3.83. The van der Waals surface area contributed by atoms with Crippen molar-refractivity contribution in [2.75, 3.05) is 19.6 Å². The Hall–Kier alpha value is -1.57. The molecule has 0 aliphatic carbocycles. The van der Waals surface area contributed by atoms with Crippen molar-refractivity contribution < 1.29 is 14.3 Å². The largest absolute Gasteiger partial charge is 0.445 e. The number of rotatable bonds is 3. The summed E-state index contributed by atoms with van der Waals surface area (Å²) < 4.78 is 5.88. The van der Waals surface area contributed by atoms with E-state index in [0.717, 1.165) is 24.8 Å². The molecule has 2 amide bonds. The van der Waals surface area contributed by atoms with Gasteiger partial charge in [0, 0.05) is 23.6 Å². The second-order valence-corrected chi connectivity index (χ2v) is 8.12. The molecule has 0 bridgehead atoms. The number of amides is 2. The lowest BCUT2D eigenvalue weighted by Crippen LogP contribution is -2.63. The van der Waals surface area contributed by atoms with Gasteiger partial charge in [-0.1, -0.05) is 59.5 Å². The Morgan fingerprint density at radius 3 is 2.80 bits per heavy atom. The summed E-state index contributed by atoms with van der Waals surface area (Å²) in [6.07, 6.45) is 3.80. The van der Waals surface area contributed by atoms with Gasteiger partial charge in [-0.2, -0.15) is 0 Å². The minimum absolute atomic E-state index is 0.0628. The van der Waals surface area contributed by atoms with Crippen molar-refractivity contribution in [3.63, 3.8) is 0 Å². The van der Waals surface area contributed by atoms with Gasteiger partial charge in [-0.25, -0.2) is 4.79 Å². The molecule has 2 aliphatic heterocycles. The molecule has 0 N–H and O–H groups in total. The summed E-state index contributed by atoms with van der Waals surface area (Å²) in [5, 5.41) is 0. The van der Waals surface area contributed by atoms with Crippen molar-refractivity contribution in [1.29, 1.82) is 0 Å². The van der Waals surface area contributed by atoms with Crippen molar-refractivity contribution in [2.24, 2.45) is 0 Å². The highest BCUT2D eigenvalue weighted by atomic mass is 127. The van der Waals surface area contributed by atoms with E-state index in [1.807, 2.05) is 40.1 Å². The Bertz CT molecular complexity index is 651. The maximum atomic E-state index is 12.8. The third-order valence-electron chi connectivity index (χ3n) is 5.14. The van der Waals surface area contributed by atoms with Crippen LogP contribution >= 0.6 is 22.6 Å². The van der Waals surface area contributed by atoms with Crippen molar-refractivity contribution in [1.82, 2.24) is 9.80 Å². The van der Waals surface area contributed by atoms with Crippen LogP contribution in [0.2, 0.25) is 0 Å². The van der Waals surface area contributed by atoms with E-state index in [1.165, 1.54) is 6.08 Å². The number of likely N-dealkylation sites (tertiary alicyclic amines) is 2. The van der Waals surface area contributed by atoms with Gasteiger partial charge in [0.25, 0.3) is 0 Å². The number of ether oxygens (including phenoxy) is 1. The molecule has 2 fully saturated rings. The van der Waals surface area contributed by atoms with Crippen LogP contribution in [0.5, 0.6) is 0 Å². The zero-order valence-corrected chi connectivity index (χ0v) is 16.4. The van der Waals surface area contributed by atoms with Crippen molar-refractivity contribution in [3.8, 4) is 0 Å². The molecule has 0 unspecified atom stereocenters. The molecule has 6 heteroatoms. The summed E-state index contributed by atoms with van der Waals surface area (Å²) in [5.41, 5.74) is 0.646. The summed E-state index contributed by atoms with van der Waals surface area (Å²) >= 11 is 2.43. The molecule has 1 aromatic carbocycles. The summed E-state index contributed by atoms with van der Waals surface area (Å²) in [4.78, 5) is 28.5. The molecule has 0 aromatic heterocycles. The number of carbonyl (C=O) groups is 2. The number of carbonyl (C=O) groups excluding carboxylic acids is 2. The Kier molecular flexibility index (Phi) is 5.66. The lowest BCUT2D eigenvalue weighted by Gasteiger charge is -2.48. The van der Waals surface area contributed by atoms with Gasteiger partial charge in [0.05, 0.1) is 5.54 Å². The molecular weight excluding hydrogens is 431 g/mol. The van der Waals surface area contributed by atoms with E-state index in [9.17, 15) is 9.59 Å². The van der Waals surface area contributed by atoms with Crippen molar-refractivity contribution >= 4 is 34.6 Å². The van der Waals surface area contributed by atoms with Gasteiger partial charge in [-0.05, 0) is 30.9 Å². The van der Waals surface area contributed by atoms with Gasteiger partial charge < -0.3 is 9.64 Å². The molecule has 3 rings (SSSR count). The molecule has 1 aromatic rings. The molecule has 0 saturated carbocycles. The molecule has 25 heavy (non-hydrogen) atoms. The molecule has 1 spiro atoms. The van der Waals surface area contributed by atoms with Crippen LogP contribution in [0.4, 0.5) is 4.79 Å². The lowest BCUT2D eigenvalue weighted by molar-refractivity contribution is -0.129. The van der Waals surface area contributed by atoms with Crippen LogP contribution in [0.25, 0.3) is 0 Å². The molecule has 2 heterocycles. The van der Waals surface area contributed by atoms with Gasteiger partial charge in [0.2, 0.25) is 5.91 Å². The van der Waals surface area contributed by atoms with Crippen LogP contribution in [0, 0.1) is 0 Å². The van der Waals surface area contributed by atoms with E-state index in [4.69, 9.17) is 4.74 Å². The number of benzene rings is 1. The first-order chi connectivity index (χ1) is 12.1. The average Bonchev–Trinajstić information content (AvgIpc) is 3.06. The number of hydrogen-bond acceptors (Lipinski definition) is 3. The van der Waals surface area contributed by atoms with Gasteiger partial charge >= 0.3 is 6.09 Å². The smallest absolute Gasteiger partial charge is 0.410 e. The minimum Gasteiger partial charge on any atom is -0.445 e. The highest BCUT2D eigenvalue weighted by Gasteiger charge is 2.52. The van der Waals surface area contributed by atoms with Crippen LogP contribution < -0.4 is 0 Å². The Morgan fingerprint density at radius 1 is 1.32 bits per heavy atom. The zero-order chi connectivity index (χ0) is 17.9. The van der Waals surface area contributed by atoms with Gasteiger partial charge in [-0.15, -0.1) is 0 Å². The Morgan fingerprint density at radius 2 is 2.08 bits per heavy atom. The molecule has 134 valence electrons. The molecular formula is C19H23IN2O3. The van der Waals surface area contributed by atoms with Crippen LogP contribution in [-0.4, -0.2) is 50.9 Å². The third kappa shape index (κ3) is 3.68. The quantitative estimate of drug-likeness (QED) is 0.400. The standard InChI is InChI=1S/C19H23IN2O3/c1-2-17(23)21-12-9-16(20)19(14-21)10-6-11-22(19)18(24)25-13-15-7-4-3-5-8-15/h2-5,7-8,16H,1,6,9-14H2/t16-,19-/m0/s1. The predicted molar refractivity (Wildman–Crippen MR) is 105 cm³/mol. The predicted octanol–water partition coefficient (Wildman–Crippen LogP) is 3.38. The minimum atomic E-state index is -0.328. The molecule has 2 atom stereocenters. The second kappa shape index (κ2) is 7.76. The van der Waals surface area contributed by atoms with Crippen LogP contribution in [0.3, 0.4) is 0 Å². The highest BCUT2D eigenvalue weighted by molar-refractivity contribution is 14.1. The van der Waals surface area contributed by atoms with E-state index in [0.29, 0.717) is 23.6 Å². The average molecular weight is 454 g/mol. The monoisotopic (exact) mass is 454 g/mol. The Labute approximate surface area is 162 Å². The summed E-state index contributed by atoms with van der Waals surface area (Å²) in [7, 11) is 0. The van der Waals surface area contributed by atoms with Crippen LogP contribution in [0.15, 0.2) is 43.0 Å². The number of halogens is 1. The molecule has 0 radical (unpaired) electrons. The number of piperidine rings is 1. The first-order valence-electron chi connectivity index (χ1n) is 8.60. The second-order valence-electron chi connectivity index (χ2n) is 6.62. The summed E-state index contributed by atoms with van der Waals surface area (Å²) in [5.74, 6) is -0.0628. The Balaban J connectivity index is 1.72. The summed E-state index contributed by atoms with van der Waals surface area (Å²) in [6.45, 7) is 5.82. The van der Waals surface area contributed by atoms with E-state index < -0.39 is 0 Å². The van der Waals surface area contributed by atoms with Crippen LogP contribution in [0.1, 0.15) is 24.8 Å². The van der Waals surface area contributed by atoms with Gasteiger partial charge in [-0.3, -0.25) is 9.69 Å². The number of hydrogen-bond donors (Lipinski definition) is 0. The molecule has 5 nitrogen and oxygen atoms in total. The van der Waals surface area contributed by atoms with Gasteiger partial charge in [0.1, 0.15) is 6.61 Å². The normalized spacial score (nSPS) is 25.9. The van der Waals surface area contributed by atoms with E-state index in [1.54, 1.807) is 0 Å². The molecule has 2 saturated heterocycles. The number of alkyl halides is 1. The van der Waals surface area contributed by atoms with Crippen LogP contribution in [-0.2, 0) is 16.1 Å². The van der Waals surface area contributed by atoms with E-state index >= 15 is 0 Å². The fraction of sp³-hybridized carbons (Fsp3) is 0.474. The third-order valence-corrected chi connectivity index (χ3v) is 6.92. The first-order valence-corrected chi connectivity index (χ1v) is 9.85. The van der Waals surface area contributed by atoms with Gasteiger partial charge in [0.15, 0.2) is 0 Å². The highest BCUT2D eigenvalue weighted by Crippen LogP contribution is 2.41. The fourth-order valence-corrected chi connectivity index (χ4v) is 4.95. The van der Waals surface area contributed by atoms with Crippen molar-refractivity contribution in [3.05, 3.63) is 48.6 Å². The maximum absolute atomic E-state index is 12.8. The zero-order valence-electron chi connectivity index (χ0n) is 14.2. The van der Waals surface area contributed by atoms with Crippen molar-refractivity contribution in [2.45, 2.75) is 35.3 Å². The van der Waals surface area contributed by atoms with E-state index in [-0.39, 0.29) is 24.1 Å². The SMILES string of the molecule is C=CC(=O)N1CC[C@H](I)[C@]2(CCCN2C(=O)OCc2ccccc2)C1. The molecule has 2 aliphatic rings. The lowest BCUT2D eigenvalue weighted by atomic mass is 9.86. The van der Waals surface area contributed by atoms with E-state index in [2.05, 4.69) is 29.2 Å². The topological polar surface area (TPSA) is 49.9 Å².